The van der Waals surface area contributed by atoms with Gasteiger partial charge in [0.05, 0.1) is 12.1 Å². The minimum atomic E-state index is -0.250. The lowest BCUT2D eigenvalue weighted by atomic mass is 9.88. The second-order valence-electron chi connectivity index (χ2n) is 8.80. The Morgan fingerprint density at radius 2 is 2.13 bits per heavy atom. The number of ether oxygens (including phenoxy) is 1. The molecular weight excluding hydrogens is 420 g/mol. The van der Waals surface area contributed by atoms with Crippen LogP contribution in [0.5, 0.6) is 0 Å². The van der Waals surface area contributed by atoms with Gasteiger partial charge in [-0.1, -0.05) is 55.4 Å². The Balaban J connectivity index is 1.65. The number of nitrogens with zero attached hydrogens (tertiary/aromatic N) is 3. The van der Waals surface area contributed by atoms with Gasteiger partial charge in [0.1, 0.15) is 0 Å². The summed E-state index contributed by atoms with van der Waals surface area (Å²) in [5.41, 5.74) is 0.820. The lowest BCUT2D eigenvalue weighted by Gasteiger charge is -2.34. The van der Waals surface area contributed by atoms with Crippen LogP contribution < -0.4 is 5.32 Å². The van der Waals surface area contributed by atoms with E-state index in [0.29, 0.717) is 19.1 Å². The van der Waals surface area contributed by atoms with E-state index >= 15 is 0 Å². The van der Waals surface area contributed by atoms with E-state index < -0.39 is 0 Å². The quantitative estimate of drug-likeness (QED) is 0.590. The molecule has 0 saturated carbocycles. The molecule has 1 aliphatic rings. The van der Waals surface area contributed by atoms with Gasteiger partial charge in [-0.15, -0.1) is 10.2 Å². The van der Waals surface area contributed by atoms with Gasteiger partial charge in [0.25, 0.3) is 0 Å². The number of amides is 1. The summed E-state index contributed by atoms with van der Waals surface area (Å²) < 4.78 is 7.84. The summed E-state index contributed by atoms with van der Waals surface area (Å²) in [5.74, 6) is 1.98. The van der Waals surface area contributed by atoms with Gasteiger partial charge < -0.3 is 14.6 Å². The van der Waals surface area contributed by atoms with Crippen molar-refractivity contribution in [1.29, 1.82) is 0 Å². The summed E-state index contributed by atoms with van der Waals surface area (Å²) in [5, 5.41) is 13.4. The zero-order valence-electron chi connectivity index (χ0n) is 18.2. The van der Waals surface area contributed by atoms with E-state index in [9.17, 15) is 4.79 Å². The average molecular weight is 451 g/mol. The highest BCUT2D eigenvalue weighted by molar-refractivity contribution is 7.98. The van der Waals surface area contributed by atoms with Crippen molar-refractivity contribution >= 4 is 29.3 Å². The molecule has 8 heteroatoms. The first-order valence-corrected chi connectivity index (χ1v) is 11.8. The van der Waals surface area contributed by atoms with Crippen LogP contribution >= 0.6 is 23.4 Å². The molecule has 0 radical (unpaired) electrons. The number of aromatic nitrogens is 3. The molecule has 3 rings (SSSR count). The van der Waals surface area contributed by atoms with E-state index in [2.05, 4.69) is 33.9 Å². The van der Waals surface area contributed by atoms with Gasteiger partial charge in [0.2, 0.25) is 5.91 Å². The van der Waals surface area contributed by atoms with E-state index in [1.807, 2.05) is 38.1 Å². The third-order valence-corrected chi connectivity index (χ3v) is 6.53. The van der Waals surface area contributed by atoms with E-state index in [4.69, 9.17) is 16.3 Å². The Bertz CT molecular complexity index is 869. The van der Waals surface area contributed by atoms with Gasteiger partial charge in [-0.25, -0.2) is 0 Å². The van der Waals surface area contributed by atoms with Crippen LogP contribution in [0.1, 0.15) is 51.9 Å². The maximum absolute atomic E-state index is 12.7. The number of hydrogen-bond acceptors (Lipinski definition) is 5. The van der Waals surface area contributed by atoms with E-state index in [1.54, 1.807) is 11.8 Å². The topological polar surface area (TPSA) is 69.0 Å². The summed E-state index contributed by atoms with van der Waals surface area (Å²) in [4.78, 5) is 12.7. The molecule has 1 fully saturated rings. The first kappa shape index (κ1) is 23.1. The number of rotatable bonds is 8. The van der Waals surface area contributed by atoms with Crippen LogP contribution in [0.3, 0.4) is 0 Å². The van der Waals surface area contributed by atoms with Crippen molar-refractivity contribution in [3.63, 3.8) is 0 Å². The van der Waals surface area contributed by atoms with Gasteiger partial charge >= 0.3 is 0 Å². The second-order valence-corrected chi connectivity index (χ2v) is 10.1. The Labute approximate surface area is 188 Å². The molecule has 1 saturated heterocycles. The Morgan fingerprint density at radius 3 is 2.83 bits per heavy atom. The third kappa shape index (κ3) is 6.22. The fourth-order valence-corrected chi connectivity index (χ4v) is 4.88. The predicted octanol–water partition coefficient (Wildman–Crippen LogP) is 4.70. The minimum Gasteiger partial charge on any atom is -0.376 e. The van der Waals surface area contributed by atoms with Crippen LogP contribution in [0.2, 0.25) is 5.02 Å². The molecule has 1 N–H and O–H groups in total. The van der Waals surface area contributed by atoms with Gasteiger partial charge in [0.15, 0.2) is 11.0 Å². The molecule has 0 aliphatic carbocycles. The average Bonchev–Trinajstić information content (AvgIpc) is 3.05. The highest BCUT2D eigenvalue weighted by atomic mass is 35.5. The number of carbonyl (C=O) groups is 1. The van der Waals surface area contributed by atoms with E-state index in [0.717, 1.165) is 46.7 Å². The fourth-order valence-electron chi connectivity index (χ4n) is 3.63. The standard InChI is InChI=1S/C22H31ClN4O2S/c1-15(2)13-27-19(12-24-20(28)16-9-10-29-22(3,4)11-16)25-26-21(27)30-14-17-7-5-6-8-18(17)23/h5-8,15-16H,9-14H2,1-4H3,(H,24,28)/t16-/m0/s1. The molecule has 0 spiro atoms. The summed E-state index contributed by atoms with van der Waals surface area (Å²) in [6, 6.07) is 7.83. The molecular formula is C22H31ClN4O2S. The fraction of sp³-hybridized carbons (Fsp3) is 0.591. The first-order valence-electron chi connectivity index (χ1n) is 10.4. The predicted molar refractivity (Wildman–Crippen MR) is 120 cm³/mol. The van der Waals surface area contributed by atoms with Crippen molar-refractivity contribution in [3.05, 3.63) is 40.7 Å². The highest BCUT2D eigenvalue weighted by Crippen LogP contribution is 2.29. The maximum atomic E-state index is 12.7. The molecule has 0 bridgehead atoms. The summed E-state index contributed by atoms with van der Waals surface area (Å²) in [6.45, 7) is 10.2. The van der Waals surface area contributed by atoms with Crippen molar-refractivity contribution in [2.75, 3.05) is 6.61 Å². The number of nitrogens with one attached hydrogen (secondary N) is 1. The third-order valence-electron chi connectivity index (χ3n) is 5.14. The molecule has 1 aromatic carbocycles. The molecule has 6 nitrogen and oxygen atoms in total. The summed E-state index contributed by atoms with van der Waals surface area (Å²) >= 11 is 7.90. The molecule has 0 unspecified atom stereocenters. The van der Waals surface area contributed by atoms with Crippen LogP contribution in [-0.2, 0) is 28.4 Å². The number of thioether (sulfide) groups is 1. The molecule has 1 atom stereocenters. The van der Waals surface area contributed by atoms with Crippen molar-refractivity contribution < 1.29 is 9.53 Å². The van der Waals surface area contributed by atoms with Crippen LogP contribution in [-0.4, -0.2) is 32.9 Å². The normalized spacial score (nSPS) is 18.5. The molecule has 164 valence electrons. The van der Waals surface area contributed by atoms with Gasteiger partial charge in [-0.2, -0.15) is 0 Å². The number of carbonyl (C=O) groups excluding carboxylic acids is 1. The number of hydrogen-bond donors (Lipinski definition) is 1. The SMILES string of the molecule is CC(C)Cn1c(CNC(=O)[C@H]2CCOC(C)(C)C2)nnc1SCc1ccccc1Cl. The van der Waals surface area contributed by atoms with Crippen LogP contribution in [0, 0.1) is 11.8 Å². The Morgan fingerprint density at radius 1 is 1.37 bits per heavy atom. The molecule has 1 aliphatic heterocycles. The van der Waals surface area contributed by atoms with Crippen LogP contribution in [0.4, 0.5) is 0 Å². The Kier molecular flexibility index (Phi) is 7.82. The van der Waals surface area contributed by atoms with Gasteiger partial charge in [-0.3, -0.25) is 4.79 Å². The van der Waals surface area contributed by atoms with E-state index in [-0.39, 0.29) is 17.4 Å². The van der Waals surface area contributed by atoms with Gasteiger partial charge in [0, 0.05) is 29.8 Å². The zero-order valence-corrected chi connectivity index (χ0v) is 19.7. The molecule has 1 aromatic heterocycles. The monoisotopic (exact) mass is 450 g/mol. The number of benzene rings is 1. The Hall–Kier alpha value is -1.57. The van der Waals surface area contributed by atoms with Crippen molar-refractivity contribution in [1.82, 2.24) is 20.1 Å². The largest absolute Gasteiger partial charge is 0.376 e. The van der Waals surface area contributed by atoms with Crippen LogP contribution in [0.15, 0.2) is 29.4 Å². The molecule has 2 aromatic rings. The summed E-state index contributed by atoms with van der Waals surface area (Å²) in [6.07, 6.45) is 1.49. The highest BCUT2D eigenvalue weighted by Gasteiger charge is 2.32. The van der Waals surface area contributed by atoms with E-state index in [1.165, 1.54) is 0 Å². The van der Waals surface area contributed by atoms with Crippen LogP contribution in [0.25, 0.3) is 0 Å². The smallest absolute Gasteiger partial charge is 0.223 e. The van der Waals surface area contributed by atoms with Crippen molar-refractivity contribution in [2.24, 2.45) is 11.8 Å². The lowest BCUT2D eigenvalue weighted by Crippen LogP contribution is -2.41. The minimum absolute atomic E-state index is 0.0238. The maximum Gasteiger partial charge on any atom is 0.223 e. The van der Waals surface area contributed by atoms with Crippen molar-refractivity contribution in [3.8, 4) is 0 Å². The summed E-state index contributed by atoms with van der Waals surface area (Å²) in [7, 11) is 0. The number of halogens is 1. The van der Waals surface area contributed by atoms with Gasteiger partial charge in [-0.05, 0) is 44.2 Å². The molecule has 30 heavy (non-hydrogen) atoms. The van der Waals surface area contributed by atoms with Crippen molar-refractivity contribution in [2.45, 2.75) is 70.1 Å². The first-order chi connectivity index (χ1) is 14.2. The molecule has 1 amide bonds. The zero-order chi connectivity index (χ0) is 21.7. The lowest BCUT2D eigenvalue weighted by molar-refractivity contribution is -0.135. The second kappa shape index (κ2) is 10.2. The molecule has 2 heterocycles.